The number of ether oxygens (including phenoxy) is 1. The molecular weight excluding hydrogens is 266 g/mol. The van der Waals surface area contributed by atoms with Crippen molar-refractivity contribution in [3.05, 3.63) is 47.8 Å². The van der Waals surface area contributed by atoms with Crippen molar-refractivity contribution < 1.29 is 9.53 Å². The second kappa shape index (κ2) is 6.43. The molecule has 0 fully saturated rings. The monoisotopic (exact) mass is 287 g/mol. The van der Waals surface area contributed by atoms with Crippen LogP contribution >= 0.6 is 0 Å². The van der Waals surface area contributed by atoms with E-state index in [0.717, 1.165) is 11.3 Å². The number of hydrogen-bond donors (Lipinski definition) is 0. The van der Waals surface area contributed by atoms with Gasteiger partial charge in [-0.2, -0.15) is 5.10 Å². The molecule has 1 aromatic heterocycles. The summed E-state index contributed by atoms with van der Waals surface area (Å²) in [6.45, 7) is 4.61. The minimum Gasteiger partial charge on any atom is -0.494 e. The molecule has 0 spiro atoms. The third-order valence-corrected chi connectivity index (χ3v) is 3.61. The highest BCUT2D eigenvalue weighted by Gasteiger charge is 2.21. The molecule has 0 aliphatic heterocycles. The Bertz CT molecular complexity index is 604. The number of carbonyl (C=O) groups is 1. The van der Waals surface area contributed by atoms with E-state index < -0.39 is 0 Å². The van der Waals surface area contributed by atoms with Crippen LogP contribution in [0, 0.1) is 0 Å². The lowest BCUT2D eigenvalue weighted by molar-refractivity contribution is 0.0731. The molecule has 5 heteroatoms. The number of hydrogen-bond acceptors (Lipinski definition) is 3. The largest absolute Gasteiger partial charge is 0.494 e. The molecule has 1 atom stereocenters. The summed E-state index contributed by atoms with van der Waals surface area (Å²) >= 11 is 0. The summed E-state index contributed by atoms with van der Waals surface area (Å²) in [6.07, 6.45) is 1.63. The van der Waals surface area contributed by atoms with Crippen LogP contribution in [0.5, 0.6) is 5.75 Å². The van der Waals surface area contributed by atoms with Crippen molar-refractivity contribution in [1.29, 1.82) is 0 Å². The molecule has 2 rings (SSSR count). The van der Waals surface area contributed by atoms with Crippen molar-refractivity contribution in [2.45, 2.75) is 19.9 Å². The first kappa shape index (κ1) is 15.1. The third-order valence-electron chi connectivity index (χ3n) is 3.61. The Morgan fingerprint density at radius 1 is 1.33 bits per heavy atom. The molecule has 2 aromatic rings. The summed E-state index contributed by atoms with van der Waals surface area (Å²) in [6, 6.07) is 9.54. The van der Waals surface area contributed by atoms with E-state index in [2.05, 4.69) is 5.10 Å². The lowest BCUT2D eigenvalue weighted by atomic mass is 10.1. The third kappa shape index (κ3) is 3.24. The van der Waals surface area contributed by atoms with E-state index >= 15 is 0 Å². The van der Waals surface area contributed by atoms with Gasteiger partial charge in [0.15, 0.2) is 0 Å². The first-order valence-corrected chi connectivity index (χ1v) is 7.02. The van der Waals surface area contributed by atoms with Gasteiger partial charge < -0.3 is 9.64 Å². The normalized spacial score (nSPS) is 12.0. The van der Waals surface area contributed by atoms with Gasteiger partial charge in [-0.15, -0.1) is 0 Å². The van der Waals surface area contributed by atoms with Crippen LogP contribution in [-0.4, -0.2) is 34.2 Å². The molecule has 0 bridgehead atoms. The Balaban J connectivity index is 2.13. The average molecular weight is 287 g/mol. The highest BCUT2D eigenvalue weighted by Crippen LogP contribution is 2.23. The Morgan fingerprint density at radius 3 is 2.52 bits per heavy atom. The van der Waals surface area contributed by atoms with E-state index in [-0.39, 0.29) is 11.9 Å². The highest BCUT2D eigenvalue weighted by atomic mass is 16.5. The van der Waals surface area contributed by atoms with Crippen molar-refractivity contribution in [2.24, 2.45) is 7.05 Å². The molecule has 1 aromatic carbocycles. The molecule has 112 valence electrons. The summed E-state index contributed by atoms with van der Waals surface area (Å²) < 4.78 is 7.02. The second-order valence-electron chi connectivity index (χ2n) is 4.93. The van der Waals surface area contributed by atoms with E-state index in [1.165, 1.54) is 0 Å². The molecule has 1 amide bonds. The maximum Gasteiger partial charge on any atom is 0.272 e. The smallest absolute Gasteiger partial charge is 0.272 e. The summed E-state index contributed by atoms with van der Waals surface area (Å²) in [5.41, 5.74) is 1.65. The maximum absolute atomic E-state index is 12.5. The van der Waals surface area contributed by atoms with Crippen LogP contribution in [0.15, 0.2) is 36.5 Å². The lowest BCUT2D eigenvalue weighted by Gasteiger charge is -2.25. The van der Waals surface area contributed by atoms with E-state index in [1.807, 2.05) is 38.1 Å². The van der Waals surface area contributed by atoms with E-state index in [4.69, 9.17) is 4.74 Å². The molecule has 0 saturated carbocycles. The van der Waals surface area contributed by atoms with Gasteiger partial charge in [-0.25, -0.2) is 0 Å². The van der Waals surface area contributed by atoms with Crippen LogP contribution in [0.2, 0.25) is 0 Å². The van der Waals surface area contributed by atoms with Gasteiger partial charge in [0.1, 0.15) is 11.4 Å². The minimum atomic E-state index is -0.0450. The zero-order chi connectivity index (χ0) is 15.4. The predicted octanol–water partition coefficient (Wildman–Crippen LogP) is 2.65. The summed E-state index contributed by atoms with van der Waals surface area (Å²) in [5.74, 6) is 0.797. The number of benzene rings is 1. The summed E-state index contributed by atoms with van der Waals surface area (Å²) in [4.78, 5) is 14.2. The molecule has 1 unspecified atom stereocenters. The van der Waals surface area contributed by atoms with Crippen LogP contribution < -0.4 is 4.74 Å². The zero-order valence-corrected chi connectivity index (χ0v) is 12.9. The molecule has 0 aliphatic rings. The van der Waals surface area contributed by atoms with Crippen molar-refractivity contribution in [2.75, 3.05) is 13.7 Å². The fourth-order valence-electron chi connectivity index (χ4n) is 2.17. The van der Waals surface area contributed by atoms with Gasteiger partial charge in [-0.3, -0.25) is 9.48 Å². The topological polar surface area (TPSA) is 47.4 Å². The molecule has 0 radical (unpaired) electrons. The molecule has 0 N–H and O–H groups in total. The molecule has 0 saturated heterocycles. The van der Waals surface area contributed by atoms with Crippen molar-refractivity contribution in [3.8, 4) is 5.75 Å². The Hall–Kier alpha value is -2.30. The summed E-state index contributed by atoms with van der Waals surface area (Å²) in [5, 5.41) is 4.04. The van der Waals surface area contributed by atoms with E-state index in [0.29, 0.717) is 12.3 Å². The second-order valence-corrected chi connectivity index (χ2v) is 4.93. The number of rotatable bonds is 5. The minimum absolute atomic E-state index is 0.0249. The van der Waals surface area contributed by atoms with Gasteiger partial charge in [0, 0.05) is 20.3 Å². The van der Waals surface area contributed by atoms with Crippen LogP contribution in [0.25, 0.3) is 0 Å². The van der Waals surface area contributed by atoms with E-state index in [1.54, 1.807) is 35.9 Å². The van der Waals surface area contributed by atoms with Crippen molar-refractivity contribution in [3.63, 3.8) is 0 Å². The van der Waals surface area contributed by atoms with Crippen LogP contribution in [0.3, 0.4) is 0 Å². The molecule has 5 nitrogen and oxygen atoms in total. The first-order chi connectivity index (χ1) is 10.0. The highest BCUT2D eigenvalue weighted by molar-refractivity contribution is 5.92. The van der Waals surface area contributed by atoms with Gasteiger partial charge in [0.05, 0.1) is 12.6 Å². The Labute approximate surface area is 125 Å². The van der Waals surface area contributed by atoms with Crippen molar-refractivity contribution in [1.82, 2.24) is 14.7 Å². The standard InChI is InChI=1S/C16H21N3O2/c1-5-21-14-8-6-13(7-9-14)12(2)18(3)16(20)15-10-11-17-19(15)4/h6-12H,5H2,1-4H3. The molecule has 1 heterocycles. The number of amides is 1. The Kier molecular flexibility index (Phi) is 4.62. The van der Waals surface area contributed by atoms with Crippen molar-refractivity contribution >= 4 is 5.91 Å². The quantitative estimate of drug-likeness (QED) is 0.849. The molecule has 0 aliphatic carbocycles. The van der Waals surface area contributed by atoms with E-state index in [9.17, 15) is 4.79 Å². The average Bonchev–Trinajstić information content (AvgIpc) is 2.92. The van der Waals surface area contributed by atoms with Crippen LogP contribution in [0.1, 0.15) is 35.9 Å². The van der Waals surface area contributed by atoms with Gasteiger partial charge >= 0.3 is 0 Å². The van der Waals surface area contributed by atoms with Gasteiger partial charge in [-0.05, 0) is 37.6 Å². The van der Waals surface area contributed by atoms with Crippen LogP contribution in [0.4, 0.5) is 0 Å². The van der Waals surface area contributed by atoms with Gasteiger partial charge in [0.2, 0.25) is 0 Å². The Morgan fingerprint density at radius 2 is 2.00 bits per heavy atom. The fraction of sp³-hybridized carbons (Fsp3) is 0.375. The number of aromatic nitrogens is 2. The van der Waals surface area contributed by atoms with Gasteiger partial charge in [-0.1, -0.05) is 12.1 Å². The molecular formula is C16H21N3O2. The van der Waals surface area contributed by atoms with Gasteiger partial charge in [0.25, 0.3) is 5.91 Å². The summed E-state index contributed by atoms with van der Waals surface area (Å²) in [7, 11) is 3.57. The van der Waals surface area contributed by atoms with Crippen LogP contribution in [-0.2, 0) is 7.05 Å². The lowest BCUT2D eigenvalue weighted by Crippen LogP contribution is -2.31. The SMILES string of the molecule is CCOc1ccc(C(C)N(C)C(=O)c2ccnn2C)cc1. The fourth-order valence-corrected chi connectivity index (χ4v) is 2.17. The maximum atomic E-state index is 12.5. The number of nitrogens with zero attached hydrogens (tertiary/aromatic N) is 3. The first-order valence-electron chi connectivity index (χ1n) is 7.02. The molecule has 21 heavy (non-hydrogen) atoms. The number of aryl methyl sites for hydroxylation is 1. The number of carbonyl (C=O) groups excluding carboxylic acids is 1. The zero-order valence-electron chi connectivity index (χ0n) is 12.9. The predicted molar refractivity (Wildman–Crippen MR) is 81.3 cm³/mol.